The average Bonchev–Trinajstić information content (AvgIpc) is 2.76. The maximum atomic E-state index is 10.5. The first kappa shape index (κ1) is 26.5. The number of esters is 2. The van der Waals surface area contributed by atoms with Gasteiger partial charge in [0.1, 0.15) is 13.2 Å². The lowest BCUT2D eigenvalue weighted by molar-refractivity contribution is -0.385. The number of rotatable bonds is 8. The Bertz CT molecular complexity index is 847. The first-order chi connectivity index (χ1) is 14.3. The van der Waals surface area contributed by atoms with E-state index in [1.165, 1.54) is 48.5 Å². The first-order valence-electron chi connectivity index (χ1n) is 7.97. The summed E-state index contributed by atoms with van der Waals surface area (Å²) in [4.78, 5) is 60.3. The van der Waals surface area contributed by atoms with Crippen molar-refractivity contribution in [3.63, 3.8) is 0 Å². The van der Waals surface area contributed by atoms with Gasteiger partial charge in [-0.2, -0.15) is 0 Å². The molecule has 0 aliphatic carbocycles. The van der Waals surface area contributed by atoms with E-state index in [1.807, 2.05) is 0 Å². The topological polar surface area (TPSA) is 205 Å². The van der Waals surface area contributed by atoms with E-state index in [4.69, 9.17) is 0 Å². The van der Waals surface area contributed by atoms with Crippen molar-refractivity contribution in [2.75, 3.05) is 0 Å². The summed E-state index contributed by atoms with van der Waals surface area (Å²) in [6.45, 7) is -0.148. The maximum absolute atomic E-state index is 10.5. The molecule has 2 N–H and O–H groups in total. The lowest BCUT2D eigenvalue weighted by Gasteiger charge is -2.00. The first-order valence-corrected chi connectivity index (χ1v) is 7.97. The van der Waals surface area contributed by atoms with Gasteiger partial charge in [0.05, 0.1) is 9.85 Å². The number of non-ortho nitro benzene ring substituents is 2. The molecule has 2 aromatic rings. The van der Waals surface area contributed by atoms with Gasteiger partial charge in [0.25, 0.3) is 11.4 Å². The van der Waals surface area contributed by atoms with Crippen LogP contribution in [0.25, 0.3) is 0 Å². The van der Waals surface area contributed by atoms with Gasteiger partial charge in [-0.25, -0.2) is 9.59 Å². The molecule has 0 saturated carbocycles. The lowest BCUT2D eigenvalue weighted by atomic mass is 10.2. The molecule has 13 nitrogen and oxygen atoms in total. The van der Waals surface area contributed by atoms with Crippen molar-refractivity contribution in [1.29, 1.82) is 0 Å². The maximum Gasteiger partial charge on any atom is 0.371 e. The van der Waals surface area contributed by atoms with E-state index in [-0.39, 0.29) is 42.6 Å². The van der Waals surface area contributed by atoms with Crippen molar-refractivity contribution in [2.24, 2.45) is 0 Å². The second kappa shape index (κ2) is 13.6. The molecule has 0 aliphatic rings. The SMILES string of the molecule is O.O=CC(=O)OCc1ccc([N+](=O)[O-])cc1.O=CC(=O)OCc1ccc([N+](=O)[O-])cc1. The normalized spacial score (nSPS) is 9.03. The van der Waals surface area contributed by atoms with Gasteiger partial charge in [-0.3, -0.25) is 29.8 Å². The number of hydrogen-bond acceptors (Lipinski definition) is 10. The Hall–Kier alpha value is -4.52. The summed E-state index contributed by atoms with van der Waals surface area (Å²) in [5, 5.41) is 20.6. The van der Waals surface area contributed by atoms with Gasteiger partial charge in [0.15, 0.2) is 0 Å². The van der Waals surface area contributed by atoms with E-state index in [1.54, 1.807) is 0 Å². The predicted octanol–water partition coefficient (Wildman–Crippen LogP) is 0.849. The highest BCUT2D eigenvalue weighted by Gasteiger charge is 2.06. The van der Waals surface area contributed by atoms with Gasteiger partial charge in [-0.15, -0.1) is 0 Å². The summed E-state index contributed by atoms with van der Waals surface area (Å²) >= 11 is 0. The van der Waals surface area contributed by atoms with E-state index >= 15 is 0 Å². The minimum Gasteiger partial charge on any atom is -0.455 e. The van der Waals surface area contributed by atoms with Crippen LogP contribution in [0.3, 0.4) is 0 Å². The summed E-state index contributed by atoms with van der Waals surface area (Å²) in [5.74, 6) is -1.93. The van der Waals surface area contributed by atoms with Crippen LogP contribution in [0.2, 0.25) is 0 Å². The molecule has 0 radical (unpaired) electrons. The highest BCUT2D eigenvalue weighted by atomic mass is 16.6. The number of nitro groups is 2. The molecule has 31 heavy (non-hydrogen) atoms. The van der Waals surface area contributed by atoms with Crippen LogP contribution in [0.1, 0.15) is 11.1 Å². The molecular formula is C18H16N2O11. The van der Waals surface area contributed by atoms with Crippen molar-refractivity contribution in [2.45, 2.75) is 13.2 Å². The number of benzene rings is 2. The van der Waals surface area contributed by atoms with E-state index in [0.29, 0.717) is 11.1 Å². The fraction of sp³-hybridized carbons (Fsp3) is 0.111. The molecule has 164 valence electrons. The Labute approximate surface area is 173 Å². The number of aldehydes is 2. The molecule has 0 bridgehead atoms. The molecule has 0 atom stereocenters. The lowest BCUT2D eigenvalue weighted by Crippen LogP contribution is -2.04. The molecule has 0 amide bonds. The monoisotopic (exact) mass is 436 g/mol. The molecule has 0 spiro atoms. The van der Waals surface area contributed by atoms with Gasteiger partial charge >= 0.3 is 11.9 Å². The zero-order valence-corrected chi connectivity index (χ0v) is 15.7. The molecule has 2 aromatic carbocycles. The van der Waals surface area contributed by atoms with Gasteiger partial charge < -0.3 is 14.9 Å². The second-order valence-corrected chi connectivity index (χ2v) is 5.30. The van der Waals surface area contributed by atoms with Gasteiger partial charge in [-0.1, -0.05) is 0 Å². The molecule has 0 aromatic heterocycles. The largest absolute Gasteiger partial charge is 0.455 e. The quantitative estimate of drug-likeness (QED) is 0.187. The molecule has 0 fully saturated rings. The van der Waals surface area contributed by atoms with Crippen LogP contribution in [0, 0.1) is 20.2 Å². The zero-order valence-electron chi connectivity index (χ0n) is 15.7. The van der Waals surface area contributed by atoms with Crippen LogP contribution in [-0.4, -0.2) is 39.8 Å². The predicted molar refractivity (Wildman–Crippen MR) is 102 cm³/mol. The average molecular weight is 436 g/mol. The number of carbonyl (C=O) groups is 4. The molecule has 0 saturated heterocycles. The number of carbonyl (C=O) groups excluding carboxylic acids is 4. The minimum atomic E-state index is -0.964. The fourth-order valence-corrected chi connectivity index (χ4v) is 1.80. The summed E-state index contributed by atoms with van der Waals surface area (Å²) in [6, 6.07) is 11.0. The molecule has 0 unspecified atom stereocenters. The van der Waals surface area contributed by atoms with E-state index < -0.39 is 21.8 Å². The van der Waals surface area contributed by atoms with Gasteiger partial charge in [-0.05, 0) is 35.4 Å². The summed E-state index contributed by atoms with van der Waals surface area (Å²) < 4.78 is 9.00. The number of nitrogens with zero attached hydrogens (tertiary/aromatic N) is 2. The van der Waals surface area contributed by atoms with E-state index in [0.717, 1.165) is 0 Å². The van der Waals surface area contributed by atoms with Gasteiger partial charge in [0, 0.05) is 24.3 Å². The smallest absolute Gasteiger partial charge is 0.371 e. The minimum absolute atomic E-state index is 0. The van der Waals surface area contributed by atoms with Crippen molar-refractivity contribution < 1.29 is 44.0 Å². The van der Waals surface area contributed by atoms with Crippen LogP contribution >= 0.6 is 0 Å². The van der Waals surface area contributed by atoms with E-state index in [9.17, 15) is 39.4 Å². The van der Waals surface area contributed by atoms with Gasteiger partial charge in [0.2, 0.25) is 12.6 Å². The van der Waals surface area contributed by atoms with Crippen LogP contribution in [0.4, 0.5) is 11.4 Å². The number of nitro benzene ring substituents is 2. The Morgan fingerprint density at radius 3 is 1.23 bits per heavy atom. The third-order valence-electron chi connectivity index (χ3n) is 3.25. The Balaban J connectivity index is 0.000000562. The molecule has 0 heterocycles. The fourth-order valence-electron chi connectivity index (χ4n) is 1.80. The van der Waals surface area contributed by atoms with Crippen molar-refractivity contribution in [3.8, 4) is 0 Å². The highest BCUT2D eigenvalue weighted by Crippen LogP contribution is 2.13. The molecule has 0 aliphatic heterocycles. The van der Waals surface area contributed by atoms with E-state index in [2.05, 4.69) is 9.47 Å². The van der Waals surface area contributed by atoms with Crippen molar-refractivity contribution >= 4 is 35.9 Å². The third kappa shape index (κ3) is 10.00. The van der Waals surface area contributed by atoms with Crippen LogP contribution in [0.5, 0.6) is 0 Å². The summed E-state index contributed by atoms with van der Waals surface area (Å²) in [6.07, 6.45) is 0.122. The zero-order chi connectivity index (χ0) is 22.5. The van der Waals surface area contributed by atoms with Crippen molar-refractivity contribution in [3.05, 3.63) is 79.9 Å². The number of hydrogen-bond donors (Lipinski definition) is 0. The Morgan fingerprint density at radius 2 is 1.00 bits per heavy atom. The third-order valence-corrected chi connectivity index (χ3v) is 3.25. The second-order valence-electron chi connectivity index (χ2n) is 5.30. The molecule has 2 rings (SSSR count). The highest BCUT2D eigenvalue weighted by molar-refractivity contribution is 6.20. The number of ether oxygens (including phenoxy) is 2. The Morgan fingerprint density at radius 1 is 0.710 bits per heavy atom. The van der Waals surface area contributed by atoms with Crippen molar-refractivity contribution in [1.82, 2.24) is 0 Å². The van der Waals surface area contributed by atoms with Crippen LogP contribution in [-0.2, 0) is 41.9 Å². The molecular weight excluding hydrogens is 420 g/mol. The summed E-state index contributed by atoms with van der Waals surface area (Å²) in [7, 11) is 0. The molecule has 13 heteroatoms. The summed E-state index contributed by atoms with van der Waals surface area (Å²) in [5.41, 5.74) is 1.08. The standard InChI is InChI=1S/2C9H7NO5.H2O/c2*11-5-9(12)15-6-7-1-3-8(4-2-7)10(13)14;/h2*1-5H,6H2;1H2. The van der Waals surface area contributed by atoms with Crippen LogP contribution in [0.15, 0.2) is 48.5 Å². The van der Waals surface area contributed by atoms with Crippen LogP contribution < -0.4 is 0 Å². The Kier molecular flexibility index (Phi) is 11.6.